The second-order valence-electron chi connectivity index (χ2n) is 4.42. The van der Waals surface area contributed by atoms with E-state index in [4.69, 9.17) is 14.6 Å². The average Bonchev–Trinajstić information content (AvgIpc) is 2.48. The molecule has 2 rings (SSSR count). The van der Waals surface area contributed by atoms with E-state index in [1.165, 1.54) is 12.0 Å². The number of carbonyl (C=O) groups is 2. The summed E-state index contributed by atoms with van der Waals surface area (Å²) in [5.41, 5.74) is 0.838. The van der Waals surface area contributed by atoms with Crippen LogP contribution < -0.4 is 14.4 Å². The van der Waals surface area contributed by atoms with Crippen molar-refractivity contribution in [3.05, 3.63) is 17.7 Å². The van der Waals surface area contributed by atoms with Crippen molar-refractivity contribution in [3.63, 3.8) is 0 Å². The largest absolute Gasteiger partial charge is 0.493 e. The third-order valence-corrected chi connectivity index (χ3v) is 3.20. The van der Waals surface area contributed by atoms with Crippen molar-refractivity contribution in [1.82, 2.24) is 0 Å². The number of β-amino-alcohol motifs (C(OH)–C–C–N with tert-alkyl or cyclic N) is 1. The van der Waals surface area contributed by atoms with E-state index < -0.39 is 6.10 Å². The molecule has 0 radical (unpaired) electrons. The number of carbonyl (C=O) groups excluding carboxylic acids is 2. The lowest BCUT2D eigenvalue weighted by atomic mass is 10.1. The zero-order valence-corrected chi connectivity index (χ0v) is 11.5. The molecule has 0 bridgehead atoms. The Morgan fingerprint density at radius 3 is 2.80 bits per heavy atom. The zero-order valence-electron chi connectivity index (χ0n) is 11.5. The molecule has 1 amide bonds. The maximum atomic E-state index is 12.3. The van der Waals surface area contributed by atoms with Crippen LogP contribution in [0.3, 0.4) is 0 Å². The molecule has 20 heavy (non-hydrogen) atoms. The van der Waals surface area contributed by atoms with Gasteiger partial charge in [0, 0.05) is 12.1 Å². The van der Waals surface area contributed by atoms with Crippen molar-refractivity contribution in [2.75, 3.05) is 25.2 Å². The van der Waals surface area contributed by atoms with Gasteiger partial charge in [-0.3, -0.25) is 9.59 Å². The smallest absolute Gasteiger partial charge is 0.268 e. The van der Waals surface area contributed by atoms with Crippen molar-refractivity contribution < 1.29 is 24.2 Å². The highest BCUT2D eigenvalue weighted by molar-refractivity contribution is 6.01. The Kier molecular flexibility index (Phi) is 4.24. The number of benzene rings is 1. The van der Waals surface area contributed by atoms with Crippen molar-refractivity contribution in [3.8, 4) is 11.5 Å². The fraction of sp³-hybridized carbons (Fsp3) is 0.429. The van der Waals surface area contributed by atoms with Crippen LogP contribution in [0.5, 0.6) is 11.5 Å². The Morgan fingerprint density at radius 1 is 1.50 bits per heavy atom. The number of aldehydes is 1. The Balaban J connectivity index is 2.58. The van der Waals surface area contributed by atoms with Crippen LogP contribution in [0.15, 0.2) is 12.1 Å². The van der Waals surface area contributed by atoms with E-state index in [9.17, 15) is 9.59 Å². The van der Waals surface area contributed by atoms with Crippen molar-refractivity contribution >= 4 is 17.9 Å². The lowest BCUT2D eigenvalue weighted by Crippen LogP contribution is -2.46. The highest BCUT2D eigenvalue weighted by Gasteiger charge is 2.35. The molecule has 0 spiro atoms. The number of anilines is 1. The first-order valence-corrected chi connectivity index (χ1v) is 6.42. The number of hydrogen-bond donors (Lipinski definition) is 1. The van der Waals surface area contributed by atoms with E-state index in [0.717, 1.165) is 0 Å². The molecule has 1 atom stereocenters. The molecule has 1 aliphatic rings. The van der Waals surface area contributed by atoms with E-state index in [0.29, 0.717) is 35.5 Å². The van der Waals surface area contributed by atoms with Crippen LogP contribution in [0.1, 0.15) is 23.7 Å². The molecule has 1 N–H and O–H groups in total. The Bertz CT molecular complexity index is 529. The average molecular weight is 279 g/mol. The summed E-state index contributed by atoms with van der Waals surface area (Å²) >= 11 is 0. The van der Waals surface area contributed by atoms with Gasteiger partial charge in [-0.15, -0.1) is 0 Å². The van der Waals surface area contributed by atoms with Gasteiger partial charge in [-0.1, -0.05) is 6.92 Å². The summed E-state index contributed by atoms with van der Waals surface area (Å²) in [6, 6.07) is 3.12. The topological polar surface area (TPSA) is 76.1 Å². The van der Waals surface area contributed by atoms with E-state index in [1.54, 1.807) is 12.1 Å². The molecule has 6 nitrogen and oxygen atoms in total. The molecule has 1 aromatic rings. The Morgan fingerprint density at radius 2 is 2.25 bits per heavy atom. The summed E-state index contributed by atoms with van der Waals surface area (Å²) in [6.45, 7) is 1.82. The van der Waals surface area contributed by atoms with Gasteiger partial charge in [0.05, 0.1) is 19.4 Å². The summed E-state index contributed by atoms with van der Waals surface area (Å²) in [5, 5.41) is 9.14. The zero-order chi connectivity index (χ0) is 14.7. The second-order valence-corrected chi connectivity index (χ2v) is 4.42. The Labute approximate surface area is 116 Å². The number of aliphatic hydroxyl groups is 1. The SMILES string of the molecule is CCC1Oc2c(OC)cc(C=O)cc2N(CCO)C1=O. The Hall–Kier alpha value is -2.08. The molecule has 1 unspecified atom stereocenters. The number of rotatable bonds is 5. The van der Waals surface area contributed by atoms with Gasteiger partial charge in [0.1, 0.15) is 6.29 Å². The molecule has 0 aromatic heterocycles. The van der Waals surface area contributed by atoms with Crippen LogP contribution in [0.4, 0.5) is 5.69 Å². The first-order valence-electron chi connectivity index (χ1n) is 6.42. The van der Waals surface area contributed by atoms with Crippen molar-refractivity contribution in [2.45, 2.75) is 19.4 Å². The fourth-order valence-corrected chi connectivity index (χ4v) is 2.22. The monoisotopic (exact) mass is 279 g/mol. The number of hydrogen-bond acceptors (Lipinski definition) is 5. The molecule has 0 saturated carbocycles. The van der Waals surface area contributed by atoms with Gasteiger partial charge in [0.15, 0.2) is 17.6 Å². The highest BCUT2D eigenvalue weighted by atomic mass is 16.5. The highest BCUT2D eigenvalue weighted by Crippen LogP contribution is 2.42. The summed E-state index contributed by atoms with van der Waals surface area (Å²) in [5.74, 6) is 0.607. The van der Waals surface area contributed by atoms with Gasteiger partial charge in [0.25, 0.3) is 5.91 Å². The third kappa shape index (κ3) is 2.34. The van der Waals surface area contributed by atoms with E-state index in [2.05, 4.69) is 0 Å². The van der Waals surface area contributed by atoms with Crippen LogP contribution in [-0.4, -0.2) is 43.7 Å². The van der Waals surface area contributed by atoms with Crippen molar-refractivity contribution in [2.24, 2.45) is 0 Å². The molecule has 1 aromatic carbocycles. The second kappa shape index (κ2) is 5.92. The molecule has 0 saturated heterocycles. The van der Waals surface area contributed by atoms with Gasteiger partial charge >= 0.3 is 0 Å². The van der Waals surface area contributed by atoms with Crippen LogP contribution in [0, 0.1) is 0 Å². The van der Waals surface area contributed by atoms with Crippen LogP contribution >= 0.6 is 0 Å². The minimum absolute atomic E-state index is 0.150. The minimum atomic E-state index is -0.606. The number of amides is 1. The van der Waals surface area contributed by atoms with Gasteiger partial charge in [-0.2, -0.15) is 0 Å². The van der Waals surface area contributed by atoms with Crippen LogP contribution in [0.25, 0.3) is 0 Å². The normalized spacial score (nSPS) is 17.4. The van der Waals surface area contributed by atoms with Crippen molar-refractivity contribution in [1.29, 1.82) is 0 Å². The summed E-state index contributed by atoms with van der Waals surface area (Å²) in [6.07, 6.45) is 0.583. The molecule has 0 aliphatic carbocycles. The number of methoxy groups -OCH3 is 1. The van der Waals surface area contributed by atoms with E-state index in [-0.39, 0.29) is 19.1 Å². The maximum absolute atomic E-state index is 12.3. The molecule has 1 aliphatic heterocycles. The van der Waals surface area contributed by atoms with Gasteiger partial charge in [-0.25, -0.2) is 0 Å². The standard InChI is InChI=1S/C14H17NO5/c1-3-11-14(18)15(4-5-16)10-6-9(8-17)7-12(19-2)13(10)20-11/h6-8,11,16H,3-5H2,1-2H3. The van der Waals surface area contributed by atoms with E-state index >= 15 is 0 Å². The van der Waals surface area contributed by atoms with Gasteiger partial charge in [-0.05, 0) is 18.6 Å². The summed E-state index contributed by atoms with van der Waals surface area (Å²) in [7, 11) is 1.47. The van der Waals surface area contributed by atoms with E-state index in [1.807, 2.05) is 6.92 Å². The number of nitrogens with zero attached hydrogens (tertiary/aromatic N) is 1. The van der Waals surface area contributed by atoms with Gasteiger partial charge in [0.2, 0.25) is 0 Å². The lowest BCUT2D eigenvalue weighted by molar-refractivity contribution is -0.126. The van der Waals surface area contributed by atoms with Gasteiger partial charge < -0.3 is 19.5 Å². The summed E-state index contributed by atoms with van der Waals surface area (Å²) in [4.78, 5) is 24.7. The summed E-state index contributed by atoms with van der Waals surface area (Å²) < 4.78 is 10.9. The molecule has 108 valence electrons. The number of fused-ring (bicyclic) bond motifs is 1. The molecular formula is C14H17NO5. The van der Waals surface area contributed by atoms with Crippen LogP contribution in [-0.2, 0) is 4.79 Å². The minimum Gasteiger partial charge on any atom is -0.493 e. The maximum Gasteiger partial charge on any atom is 0.268 e. The number of ether oxygens (including phenoxy) is 2. The fourth-order valence-electron chi connectivity index (χ4n) is 2.22. The lowest BCUT2D eigenvalue weighted by Gasteiger charge is -2.34. The molecular weight excluding hydrogens is 262 g/mol. The predicted octanol–water partition coefficient (Wildman–Crippen LogP) is 1.00. The third-order valence-electron chi connectivity index (χ3n) is 3.20. The first-order chi connectivity index (χ1) is 9.65. The predicted molar refractivity (Wildman–Crippen MR) is 72.5 cm³/mol. The van der Waals surface area contributed by atoms with Crippen LogP contribution in [0.2, 0.25) is 0 Å². The quantitative estimate of drug-likeness (QED) is 0.814. The molecule has 1 heterocycles. The number of aliphatic hydroxyl groups excluding tert-OH is 1. The first kappa shape index (κ1) is 14.3. The molecule has 6 heteroatoms. The molecule has 0 fully saturated rings.